The standard InChI is InChI=1S/C19H22O/c1-3-8-16(9-4-1)15-20-19-13-7-12-18(14-19)17-10-5-2-6-11-17/h1,3-4,7-9,12-14,17H,2,5-6,10-11,15H2. The van der Waals surface area contributed by atoms with Gasteiger partial charge in [-0.2, -0.15) is 0 Å². The Morgan fingerprint density at radius 2 is 1.65 bits per heavy atom. The van der Waals surface area contributed by atoms with Gasteiger partial charge in [-0.25, -0.2) is 0 Å². The lowest BCUT2D eigenvalue weighted by Gasteiger charge is -2.22. The number of benzene rings is 2. The summed E-state index contributed by atoms with van der Waals surface area (Å²) in [6.45, 7) is 0.648. The zero-order chi connectivity index (χ0) is 13.6. The van der Waals surface area contributed by atoms with Gasteiger partial charge in [-0.15, -0.1) is 0 Å². The van der Waals surface area contributed by atoms with Crippen molar-refractivity contribution in [3.05, 3.63) is 65.7 Å². The van der Waals surface area contributed by atoms with Crippen molar-refractivity contribution in [3.8, 4) is 5.75 Å². The molecule has 1 fully saturated rings. The van der Waals surface area contributed by atoms with E-state index in [9.17, 15) is 0 Å². The van der Waals surface area contributed by atoms with Gasteiger partial charge in [-0.3, -0.25) is 0 Å². The first-order valence-corrected chi connectivity index (χ1v) is 7.68. The van der Waals surface area contributed by atoms with Crippen LogP contribution in [0.4, 0.5) is 0 Å². The van der Waals surface area contributed by atoms with Gasteiger partial charge in [0.1, 0.15) is 12.4 Å². The minimum atomic E-state index is 0.648. The Bertz CT molecular complexity index is 526. The highest BCUT2D eigenvalue weighted by atomic mass is 16.5. The van der Waals surface area contributed by atoms with Gasteiger partial charge in [-0.05, 0) is 42.0 Å². The normalized spacial score (nSPS) is 16.0. The van der Waals surface area contributed by atoms with E-state index in [4.69, 9.17) is 4.74 Å². The van der Waals surface area contributed by atoms with E-state index in [1.165, 1.54) is 43.2 Å². The van der Waals surface area contributed by atoms with Gasteiger partial charge in [0, 0.05) is 0 Å². The average molecular weight is 266 g/mol. The molecule has 104 valence electrons. The largest absolute Gasteiger partial charge is 0.489 e. The lowest BCUT2D eigenvalue weighted by molar-refractivity contribution is 0.305. The van der Waals surface area contributed by atoms with Crippen molar-refractivity contribution in [2.75, 3.05) is 0 Å². The molecule has 1 nitrogen and oxygen atoms in total. The molecule has 2 aromatic carbocycles. The van der Waals surface area contributed by atoms with Crippen LogP contribution in [-0.4, -0.2) is 0 Å². The summed E-state index contributed by atoms with van der Waals surface area (Å²) in [5.41, 5.74) is 2.67. The summed E-state index contributed by atoms with van der Waals surface area (Å²) in [6, 6.07) is 19.0. The molecular weight excluding hydrogens is 244 g/mol. The second-order valence-corrected chi connectivity index (χ2v) is 5.68. The Morgan fingerprint density at radius 1 is 0.850 bits per heavy atom. The summed E-state index contributed by atoms with van der Waals surface area (Å²) >= 11 is 0. The minimum Gasteiger partial charge on any atom is -0.489 e. The van der Waals surface area contributed by atoms with Crippen molar-refractivity contribution in [3.63, 3.8) is 0 Å². The molecule has 0 N–H and O–H groups in total. The van der Waals surface area contributed by atoms with Crippen LogP contribution in [0.1, 0.15) is 49.1 Å². The monoisotopic (exact) mass is 266 g/mol. The quantitative estimate of drug-likeness (QED) is 0.728. The summed E-state index contributed by atoms with van der Waals surface area (Å²) in [7, 11) is 0. The molecule has 0 atom stereocenters. The van der Waals surface area contributed by atoms with E-state index in [1.54, 1.807) is 0 Å². The fourth-order valence-electron chi connectivity index (χ4n) is 3.04. The van der Waals surface area contributed by atoms with Gasteiger partial charge in [0.25, 0.3) is 0 Å². The number of rotatable bonds is 4. The van der Waals surface area contributed by atoms with Crippen molar-refractivity contribution < 1.29 is 4.74 Å². The first-order valence-electron chi connectivity index (χ1n) is 7.68. The number of hydrogen-bond acceptors (Lipinski definition) is 1. The van der Waals surface area contributed by atoms with Crippen LogP contribution < -0.4 is 4.74 Å². The van der Waals surface area contributed by atoms with Crippen LogP contribution in [0.25, 0.3) is 0 Å². The van der Waals surface area contributed by atoms with Crippen molar-refractivity contribution in [1.29, 1.82) is 0 Å². The van der Waals surface area contributed by atoms with Gasteiger partial charge in [0.05, 0.1) is 0 Å². The molecule has 0 radical (unpaired) electrons. The Labute approximate surface area is 121 Å². The van der Waals surface area contributed by atoms with Crippen LogP contribution >= 0.6 is 0 Å². The molecule has 0 spiro atoms. The number of ether oxygens (including phenoxy) is 1. The second kappa shape index (κ2) is 6.60. The van der Waals surface area contributed by atoms with E-state index in [2.05, 4.69) is 48.5 Å². The van der Waals surface area contributed by atoms with Crippen LogP contribution in [0.2, 0.25) is 0 Å². The maximum absolute atomic E-state index is 5.92. The van der Waals surface area contributed by atoms with Crippen molar-refractivity contribution in [2.24, 2.45) is 0 Å². The lowest BCUT2D eigenvalue weighted by atomic mass is 9.84. The van der Waals surface area contributed by atoms with Crippen LogP contribution in [0, 0.1) is 0 Å². The molecule has 0 unspecified atom stereocenters. The highest BCUT2D eigenvalue weighted by Crippen LogP contribution is 2.33. The Morgan fingerprint density at radius 3 is 2.45 bits per heavy atom. The first-order chi connectivity index (χ1) is 9.92. The maximum Gasteiger partial charge on any atom is 0.120 e. The van der Waals surface area contributed by atoms with Crippen LogP contribution in [0.3, 0.4) is 0 Å². The summed E-state index contributed by atoms with van der Waals surface area (Å²) in [4.78, 5) is 0. The van der Waals surface area contributed by atoms with Crippen LogP contribution in [0.15, 0.2) is 54.6 Å². The van der Waals surface area contributed by atoms with E-state index in [1.807, 2.05) is 6.07 Å². The summed E-state index contributed by atoms with van der Waals surface area (Å²) in [5, 5.41) is 0. The highest BCUT2D eigenvalue weighted by Gasteiger charge is 2.15. The zero-order valence-corrected chi connectivity index (χ0v) is 11.9. The molecule has 1 saturated carbocycles. The molecule has 0 aromatic heterocycles. The minimum absolute atomic E-state index is 0.648. The molecule has 0 amide bonds. The van der Waals surface area contributed by atoms with E-state index < -0.39 is 0 Å². The molecular formula is C19H22O. The predicted octanol–water partition coefficient (Wildman–Crippen LogP) is 5.31. The van der Waals surface area contributed by atoms with Crippen molar-refractivity contribution in [2.45, 2.75) is 44.6 Å². The van der Waals surface area contributed by atoms with Crippen LogP contribution in [0.5, 0.6) is 5.75 Å². The van der Waals surface area contributed by atoms with Gasteiger partial charge < -0.3 is 4.74 Å². The van der Waals surface area contributed by atoms with Gasteiger partial charge in [-0.1, -0.05) is 61.7 Å². The smallest absolute Gasteiger partial charge is 0.120 e. The molecule has 0 saturated heterocycles. The lowest BCUT2D eigenvalue weighted by Crippen LogP contribution is -2.04. The summed E-state index contributed by atoms with van der Waals surface area (Å²) < 4.78 is 5.92. The molecule has 0 aliphatic heterocycles. The van der Waals surface area contributed by atoms with E-state index in [0.717, 1.165) is 11.7 Å². The molecule has 1 aliphatic rings. The zero-order valence-electron chi connectivity index (χ0n) is 11.9. The average Bonchev–Trinajstić information content (AvgIpc) is 2.55. The van der Waals surface area contributed by atoms with E-state index in [0.29, 0.717) is 6.61 Å². The Hall–Kier alpha value is -1.76. The van der Waals surface area contributed by atoms with Crippen molar-refractivity contribution in [1.82, 2.24) is 0 Å². The maximum atomic E-state index is 5.92. The SMILES string of the molecule is c1ccc(COc2cccc(C3CCCCC3)c2)cc1. The molecule has 20 heavy (non-hydrogen) atoms. The number of hydrogen-bond donors (Lipinski definition) is 0. The first kappa shape index (κ1) is 13.2. The van der Waals surface area contributed by atoms with Crippen LogP contribution in [-0.2, 0) is 6.61 Å². The summed E-state index contributed by atoms with van der Waals surface area (Å²) in [6.07, 6.45) is 6.82. The van der Waals surface area contributed by atoms with E-state index in [-0.39, 0.29) is 0 Å². The Kier molecular flexibility index (Phi) is 4.37. The van der Waals surface area contributed by atoms with Gasteiger partial charge >= 0.3 is 0 Å². The second-order valence-electron chi connectivity index (χ2n) is 5.68. The third-order valence-electron chi connectivity index (χ3n) is 4.18. The van der Waals surface area contributed by atoms with Gasteiger partial charge in [0.15, 0.2) is 0 Å². The summed E-state index contributed by atoms with van der Waals surface area (Å²) in [5.74, 6) is 1.74. The molecule has 1 aliphatic carbocycles. The topological polar surface area (TPSA) is 9.23 Å². The molecule has 3 rings (SSSR count). The predicted molar refractivity (Wildman–Crippen MR) is 83.0 cm³/mol. The molecule has 2 aromatic rings. The molecule has 0 bridgehead atoms. The van der Waals surface area contributed by atoms with Gasteiger partial charge in [0.2, 0.25) is 0 Å². The fourth-order valence-corrected chi connectivity index (χ4v) is 3.04. The third kappa shape index (κ3) is 3.41. The molecule has 1 heteroatoms. The van der Waals surface area contributed by atoms with Crippen molar-refractivity contribution >= 4 is 0 Å². The molecule has 0 heterocycles. The van der Waals surface area contributed by atoms with E-state index >= 15 is 0 Å². The highest BCUT2D eigenvalue weighted by molar-refractivity contribution is 5.31. The Balaban J connectivity index is 1.65. The third-order valence-corrected chi connectivity index (χ3v) is 4.18. The fraction of sp³-hybridized carbons (Fsp3) is 0.368.